The van der Waals surface area contributed by atoms with Gasteiger partial charge in [0.15, 0.2) is 5.65 Å². The molecule has 0 spiro atoms. The molecule has 0 amide bonds. The number of rotatable bonds is 2. The summed E-state index contributed by atoms with van der Waals surface area (Å²) in [7, 11) is 0. The smallest absolute Gasteiger partial charge is 0.323 e. The summed E-state index contributed by atoms with van der Waals surface area (Å²) in [5.41, 5.74) is 2.17. The molecule has 19 heavy (non-hydrogen) atoms. The first-order valence-electron chi connectivity index (χ1n) is 6.25. The summed E-state index contributed by atoms with van der Waals surface area (Å²) in [6.07, 6.45) is 5.31. The van der Waals surface area contributed by atoms with E-state index in [1.165, 1.54) is 6.33 Å². The zero-order valence-corrected chi connectivity index (χ0v) is 10.3. The average molecular weight is 259 g/mol. The Morgan fingerprint density at radius 1 is 1.37 bits per heavy atom. The molecule has 3 rings (SSSR count). The standard InChI is InChI=1S/C13H13N3O3/c17-11(18)6-16-7-14-12-9(13(16)19)5-8-3-1-2-4-10(8)15-12/h5,7H,1-4,6H2,(H,17,18). The summed E-state index contributed by atoms with van der Waals surface area (Å²) >= 11 is 0. The SMILES string of the molecule is O=C(O)Cn1cnc2nc3c(cc2c1=O)CCCC3. The van der Waals surface area contributed by atoms with Crippen molar-refractivity contribution in [1.82, 2.24) is 14.5 Å². The van der Waals surface area contributed by atoms with E-state index in [9.17, 15) is 9.59 Å². The molecule has 0 bridgehead atoms. The number of hydrogen-bond donors (Lipinski definition) is 1. The maximum Gasteiger partial charge on any atom is 0.323 e. The Morgan fingerprint density at radius 3 is 2.95 bits per heavy atom. The maximum atomic E-state index is 12.2. The van der Waals surface area contributed by atoms with E-state index < -0.39 is 5.97 Å². The van der Waals surface area contributed by atoms with Crippen LogP contribution in [0.15, 0.2) is 17.2 Å². The predicted octanol–water partition coefficient (Wildman–Crippen LogP) is 0.755. The van der Waals surface area contributed by atoms with Crippen molar-refractivity contribution in [2.75, 3.05) is 0 Å². The number of carbonyl (C=O) groups is 1. The first kappa shape index (κ1) is 11.8. The van der Waals surface area contributed by atoms with Crippen LogP contribution in [0.1, 0.15) is 24.1 Å². The number of nitrogens with zero attached hydrogens (tertiary/aromatic N) is 3. The van der Waals surface area contributed by atoms with Crippen LogP contribution in [-0.4, -0.2) is 25.6 Å². The Morgan fingerprint density at radius 2 is 2.16 bits per heavy atom. The maximum absolute atomic E-state index is 12.2. The normalized spacial score (nSPS) is 14.3. The van der Waals surface area contributed by atoms with E-state index in [1.807, 2.05) is 6.07 Å². The van der Waals surface area contributed by atoms with Crippen molar-refractivity contribution in [3.05, 3.63) is 34.0 Å². The topological polar surface area (TPSA) is 85.1 Å². The average Bonchev–Trinajstić information content (AvgIpc) is 2.40. The van der Waals surface area contributed by atoms with Crippen molar-refractivity contribution >= 4 is 17.0 Å². The van der Waals surface area contributed by atoms with Crippen LogP contribution in [0.2, 0.25) is 0 Å². The molecule has 0 saturated carbocycles. The van der Waals surface area contributed by atoms with E-state index in [0.717, 1.165) is 41.5 Å². The van der Waals surface area contributed by atoms with Crippen LogP contribution in [-0.2, 0) is 24.2 Å². The van der Waals surface area contributed by atoms with Gasteiger partial charge in [0.05, 0.1) is 5.39 Å². The highest BCUT2D eigenvalue weighted by Gasteiger charge is 2.15. The van der Waals surface area contributed by atoms with Crippen molar-refractivity contribution in [2.45, 2.75) is 32.2 Å². The first-order valence-corrected chi connectivity index (χ1v) is 6.25. The second-order valence-electron chi connectivity index (χ2n) is 4.74. The van der Waals surface area contributed by atoms with Gasteiger partial charge in [0.1, 0.15) is 12.9 Å². The van der Waals surface area contributed by atoms with Crippen LogP contribution in [0.25, 0.3) is 11.0 Å². The zero-order chi connectivity index (χ0) is 13.4. The second-order valence-corrected chi connectivity index (χ2v) is 4.74. The number of aryl methyl sites for hydroxylation is 2. The number of aromatic nitrogens is 3. The lowest BCUT2D eigenvalue weighted by Gasteiger charge is -2.15. The van der Waals surface area contributed by atoms with Gasteiger partial charge in [-0.3, -0.25) is 14.2 Å². The number of hydrogen-bond acceptors (Lipinski definition) is 4. The number of pyridine rings is 1. The summed E-state index contributed by atoms with van der Waals surface area (Å²) < 4.78 is 1.10. The Kier molecular flexibility index (Phi) is 2.77. The third kappa shape index (κ3) is 2.09. The Balaban J connectivity index is 2.19. The van der Waals surface area contributed by atoms with Gasteiger partial charge in [-0.1, -0.05) is 0 Å². The van der Waals surface area contributed by atoms with Crippen molar-refractivity contribution in [2.24, 2.45) is 0 Å². The molecule has 2 aromatic rings. The van der Waals surface area contributed by atoms with E-state index >= 15 is 0 Å². The van der Waals surface area contributed by atoms with Gasteiger partial charge < -0.3 is 5.11 Å². The second kappa shape index (κ2) is 4.46. The van der Waals surface area contributed by atoms with Gasteiger partial charge >= 0.3 is 5.97 Å². The number of carboxylic acids is 1. The highest BCUT2D eigenvalue weighted by molar-refractivity contribution is 5.75. The molecule has 0 saturated heterocycles. The van der Waals surface area contributed by atoms with Gasteiger partial charge in [-0.15, -0.1) is 0 Å². The molecule has 98 valence electrons. The molecule has 6 nitrogen and oxygen atoms in total. The third-order valence-corrected chi connectivity index (χ3v) is 3.40. The van der Waals surface area contributed by atoms with Crippen LogP contribution < -0.4 is 5.56 Å². The minimum Gasteiger partial charge on any atom is -0.480 e. The molecule has 0 fully saturated rings. The summed E-state index contributed by atoms with van der Waals surface area (Å²) in [4.78, 5) is 31.4. The van der Waals surface area contributed by atoms with E-state index in [4.69, 9.17) is 5.11 Å². The summed E-state index contributed by atoms with van der Waals surface area (Å²) in [6, 6.07) is 1.82. The molecule has 6 heteroatoms. The molecule has 1 aliphatic carbocycles. The first-order chi connectivity index (χ1) is 9.15. The molecule has 0 unspecified atom stereocenters. The molecule has 0 aliphatic heterocycles. The highest BCUT2D eigenvalue weighted by Crippen LogP contribution is 2.21. The third-order valence-electron chi connectivity index (χ3n) is 3.40. The largest absolute Gasteiger partial charge is 0.480 e. The Labute approximate surface area is 108 Å². The van der Waals surface area contributed by atoms with Gasteiger partial charge in [-0.2, -0.15) is 0 Å². The quantitative estimate of drug-likeness (QED) is 0.860. The summed E-state index contributed by atoms with van der Waals surface area (Å²) in [5, 5.41) is 9.16. The molecular weight excluding hydrogens is 246 g/mol. The van der Waals surface area contributed by atoms with Gasteiger partial charge in [0, 0.05) is 5.69 Å². The molecule has 2 aromatic heterocycles. The van der Waals surface area contributed by atoms with E-state index in [0.29, 0.717) is 11.0 Å². The number of fused-ring (bicyclic) bond motifs is 2. The molecule has 2 heterocycles. The van der Waals surface area contributed by atoms with Gasteiger partial charge in [-0.05, 0) is 37.3 Å². The number of aliphatic carboxylic acids is 1. The lowest BCUT2D eigenvalue weighted by atomic mass is 9.95. The molecule has 0 radical (unpaired) electrons. The van der Waals surface area contributed by atoms with Crippen LogP contribution in [0.4, 0.5) is 0 Å². The fourth-order valence-electron chi connectivity index (χ4n) is 2.47. The summed E-state index contributed by atoms with van der Waals surface area (Å²) in [6.45, 7) is -0.376. The monoisotopic (exact) mass is 259 g/mol. The fourth-order valence-corrected chi connectivity index (χ4v) is 2.47. The van der Waals surface area contributed by atoms with Crippen molar-refractivity contribution in [3.63, 3.8) is 0 Å². The van der Waals surface area contributed by atoms with Crippen LogP contribution in [0.3, 0.4) is 0 Å². The van der Waals surface area contributed by atoms with Gasteiger partial charge in [0.25, 0.3) is 5.56 Å². The van der Waals surface area contributed by atoms with Gasteiger partial charge in [0.2, 0.25) is 0 Å². The minimum absolute atomic E-state index is 0.340. The minimum atomic E-state index is -1.06. The molecule has 1 N–H and O–H groups in total. The fraction of sp³-hybridized carbons (Fsp3) is 0.385. The van der Waals surface area contributed by atoms with Crippen molar-refractivity contribution in [1.29, 1.82) is 0 Å². The molecular formula is C13H13N3O3. The molecule has 0 aromatic carbocycles. The van der Waals surface area contributed by atoms with Crippen molar-refractivity contribution < 1.29 is 9.90 Å². The predicted molar refractivity (Wildman–Crippen MR) is 68.1 cm³/mol. The molecule has 0 atom stereocenters. The van der Waals surface area contributed by atoms with Crippen LogP contribution in [0.5, 0.6) is 0 Å². The Bertz CT molecular complexity index is 721. The lowest BCUT2D eigenvalue weighted by molar-refractivity contribution is -0.137. The summed E-state index contributed by atoms with van der Waals surface area (Å²) in [5.74, 6) is -1.06. The van der Waals surface area contributed by atoms with Crippen molar-refractivity contribution in [3.8, 4) is 0 Å². The van der Waals surface area contributed by atoms with E-state index in [1.54, 1.807) is 0 Å². The highest BCUT2D eigenvalue weighted by atomic mass is 16.4. The number of carboxylic acid groups (broad SMARTS) is 1. The van der Waals surface area contributed by atoms with Crippen LogP contribution in [0, 0.1) is 0 Å². The molecule has 1 aliphatic rings. The zero-order valence-electron chi connectivity index (χ0n) is 10.3. The van der Waals surface area contributed by atoms with Crippen LogP contribution >= 0.6 is 0 Å². The Hall–Kier alpha value is -2.24. The van der Waals surface area contributed by atoms with E-state index in [-0.39, 0.29) is 12.1 Å². The van der Waals surface area contributed by atoms with Gasteiger partial charge in [-0.25, -0.2) is 9.97 Å². The van der Waals surface area contributed by atoms with E-state index in [2.05, 4.69) is 9.97 Å². The lowest BCUT2D eigenvalue weighted by Crippen LogP contribution is -2.25.